The van der Waals surface area contributed by atoms with Gasteiger partial charge in [0.25, 0.3) is 0 Å². The smallest absolute Gasteiger partial charge is 0.0688 e. The van der Waals surface area contributed by atoms with Gasteiger partial charge in [-0.25, -0.2) is 0 Å². The Labute approximate surface area is 118 Å². The van der Waals surface area contributed by atoms with Gasteiger partial charge < -0.3 is 5.32 Å². The van der Waals surface area contributed by atoms with Gasteiger partial charge in [-0.15, -0.1) is 11.3 Å². The molecule has 1 heterocycles. The first kappa shape index (κ1) is 13.6. The van der Waals surface area contributed by atoms with E-state index in [1.165, 1.54) is 21.6 Å². The standard InChI is InChI=1S/C15H18ClNS/c1-4-17-14(15-13(16)7-8-18-15)12-6-5-10(2)9-11(12)3/h5-9,14,17H,4H2,1-3H3. The largest absolute Gasteiger partial charge is 0.306 e. The van der Waals surface area contributed by atoms with Crippen molar-refractivity contribution in [1.82, 2.24) is 5.32 Å². The summed E-state index contributed by atoms with van der Waals surface area (Å²) >= 11 is 7.99. The molecule has 0 saturated carbocycles. The van der Waals surface area contributed by atoms with Gasteiger partial charge in [0.2, 0.25) is 0 Å². The molecule has 0 aliphatic rings. The van der Waals surface area contributed by atoms with Crippen LogP contribution in [0.2, 0.25) is 5.02 Å². The first-order chi connectivity index (χ1) is 8.63. The quantitative estimate of drug-likeness (QED) is 0.854. The number of halogens is 1. The van der Waals surface area contributed by atoms with Gasteiger partial charge in [0.15, 0.2) is 0 Å². The minimum atomic E-state index is 0.197. The van der Waals surface area contributed by atoms with Crippen molar-refractivity contribution in [1.29, 1.82) is 0 Å². The lowest BCUT2D eigenvalue weighted by molar-refractivity contribution is 0.636. The average Bonchev–Trinajstić information content (AvgIpc) is 2.73. The highest BCUT2D eigenvalue weighted by atomic mass is 35.5. The van der Waals surface area contributed by atoms with Crippen LogP contribution in [0.4, 0.5) is 0 Å². The fourth-order valence-electron chi connectivity index (χ4n) is 2.21. The van der Waals surface area contributed by atoms with E-state index in [1.807, 2.05) is 11.4 Å². The van der Waals surface area contributed by atoms with E-state index in [-0.39, 0.29) is 6.04 Å². The summed E-state index contributed by atoms with van der Waals surface area (Å²) in [5, 5.41) is 6.43. The Kier molecular flexibility index (Phi) is 4.44. The van der Waals surface area contributed by atoms with Crippen LogP contribution in [-0.2, 0) is 0 Å². The number of thiophene rings is 1. The maximum Gasteiger partial charge on any atom is 0.0688 e. The average molecular weight is 280 g/mol. The molecule has 0 radical (unpaired) electrons. The number of hydrogen-bond acceptors (Lipinski definition) is 2. The normalized spacial score (nSPS) is 12.7. The third kappa shape index (κ3) is 2.77. The van der Waals surface area contributed by atoms with Gasteiger partial charge >= 0.3 is 0 Å². The maximum absolute atomic E-state index is 6.27. The van der Waals surface area contributed by atoms with E-state index < -0.39 is 0 Å². The van der Waals surface area contributed by atoms with Crippen LogP contribution in [0.15, 0.2) is 29.6 Å². The molecule has 0 amide bonds. The zero-order valence-electron chi connectivity index (χ0n) is 11.0. The lowest BCUT2D eigenvalue weighted by Gasteiger charge is -2.20. The number of rotatable bonds is 4. The lowest BCUT2D eigenvalue weighted by atomic mass is 9.98. The third-order valence-electron chi connectivity index (χ3n) is 3.05. The molecule has 0 spiro atoms. The molecule has 0 aliphatic heterocycles. The molecule has 1 aromatic carbocycles. The zero-order valence-corrected chi connectivity index (χ0v) is 12.5. The lowest BCUT2D eigenvalue weighted by Crippen LogP contribution is -2.22. The number of nitrogens with one attached hydrogen (secondary N) is 1. The third-order valence-corrected chi connectivity index (χ3v) is 4.47. The van der Waals surface area contributed by atoms with E-state index in [0.29, 0.717) is 0 Å². The number of benzene rings is 1. The van der Waals surface area contributed by atoms with Gasteiger partial charge in [-0.2, -0.15) is 0 Å². The predicted octanol–water partition coefficient (Wildman–Crippen LogP) is 4.72. The summed E-state index contributed by atoms with van der Waals surface area (Å²) in [5.74, 6) is 0. The van der Waals surface area contributed by atoms with Crippen LogP contribution >= 0.6 is 22.9 Å². The number of hydrogen-bond donors (Lipinski definition) is 1. The molecule has 2 rings (SSSR count). The van der Waals surface area contributed by atoms with Gasteiger partial charge in [-0.1, -0.05) is 42.3 Å². The second-order valence-corrected chi connectivity index (χ2v) is 5.84. The van der Waals surface area contributed by atoms with Crippen molar-refractivity contribution in [2.75, 3.05) is 6.54 Å². The van der Waals surface area contributed by atoms with E-state index in [1.54, 1.807) is 11.3 Å². The van der Waals surface area contributed by atoms with Crippen molar-refractivity contribution in [3.05, 3.63) is 56.2 Å². The fourth-order valence-corrected chi connectivity index (χ4v) is 3.47. The highest BCUT2D eigenvalue weighted by Gasteiger charge is 2.18. The zero-order chi connectivity index (χ0) is 13.1. The van der Waals surface area contributed by atoms with Crippen molar-refractivity contribution in [3.63, 3.8) is 0 Å². The summed E-state index contributed by atoms with van der Waals surface area (Å²) in [5.41, 5.74) is 3.92. The first-order valence-electron chi connectivity index (χ1n) is 6.17. The van der Waals surface area contributed by atoms with Gasteiger partial charge in [0.05, 0.1) is 11.1 Å². The van der Waals surface area contributed by atoms with Crippen molar-refractivity contribution in [2.45, 2.75) is 26.8 Å². The molecular weight excluding hydrogens is 262 g/mol. The summed E-state index contributed by atoms with van der Waals surface area (Å²) < 4.78 is 0. The molecular formula is C15H18ClNS. The van der Waals surface area contributed by atoms with E-state index in [2.05, 4.69) is 44.3 Å². The van der Waals surface area contributed by atoms with Gasteiger partial charge in [-0.3, -0.25) is 0 Å². The molecule has 96 valence electrons. The van der Waals surface area contributed by atoms with Crippen LogP contribution in [0.5, 0.6) is 0 Å². The Morgan fingerprint density at radius 2 is 2.06 bits per heavy atom. The van der Waals surface area contributed by atoms with E-state index in [0.717, 1.165) is 11.6 Å². The van der Waals surface area contributed by atoms with Crippen molar-refractivity contribution >= 4 is 22.9 Å². The maximum atomic E-state index is 6.27. The summed E-state index contributed by atoms with van der Waals surface area (Å²) in [6, 6.07) is 8.75. The summed E-state index contributed by atoms with van der Waals surface area (Å²) in [6.45, 7) is 7.33. The van der Waals surface area contributed by atoms with Gasteiger partial charge in [-0.05, 0) is 43.0 Å². The predicted molar refractivity (Wildman–Crippen MR) is 80.8 cm³/mol. The molecule has 18 heavy (non-hydrogen) atoms. The Hall–Kier alpha value is -0.830. The molecule has 0 saturated heterocycles. The summed E-state index contributed by atoms with van der Waals surface area (Å²) in [7, 11) is 0. The van der Waals surface area contributed by atoms with Crippen LogP contribution in [0.1, 0.15) is 34.5 Å². The molecule has 2 aromatic rings. The second-order valence-electron chi connectivity index (χ2n) is 4.48. The van der Waals surface area contributed by atoms with Gasteiger partial charge in [0, 0.05) is 4.88 Å². The van der Waals surface area contributed by atoms with E-state index in [9.17, 15) is 0 Å². The topological polar surface area (TPSA) is 12.0 Å². The molecule has 1 nitrogen and oxygen atoms in total. The molecule has 0 fully saturated rings. The van der Waals surface area contributed by atoms with Crippen LogP contribution in [0.3, 0.4) is 0 Å². The second kappa shape index (κ2) is 5.87. The molecule has 1 unspecified atom stereocenters. The van der Waals surface area contributed by atoms with Crippen LogP contribution < -0.4 is 5.32 Å². The Balaban J connectivity index is 2.45. The summed E-state index contributed by atoms with van der Waals surface area (Å²) in [6.07, 6.45) is 0. The minimum Gasteiger partial charge on any atom is -0.306 e. The van der Waals surface area contributed by atoms with Crippen molar-refractivity contribution < 1.29 is 0 Å². The van der Waals surface area contributed by atoms with Crippen LogP contribution in [0, 0.1) is 13.8 Å². The van der Waals surface area contributed by atoms with Crippen LogP contribution in [-0.4, -0.2) is 6.54 Å². The Morgan fingerprint density at radius 3 is 2.61 bits per heavy atom. The minimum absolute atomic E-state index is 0.197. The van der Waals surface area contributed by atoms with Crippen molar-refractivity contribution in [2.24, 2.45) is 0 Å². The van der Waals surface area contributed by atoms with Gasteiger partial charge in [0.1, 0.15) is 0 Å². The SMILES string of the molecule is CCNC(c1ccc(C)cc1C)c1sccc1Cl. The van der Waals surface area contributed by atoms with E-state index in [4.69, 9.17) is 11.6 Å². The monoisotopic (exact) mass is 279 g/mol. The highest BCUT2D eigenvalue weighted by molar-refractivity contribution is 7.10. The van der Waals surface area contributed by atoms with Crippen LogP contribution in [0.25, 0.3) is 0 Å². The first-order valence-corrected chi connectivity index (χ1v) is 7.42. The Bertz CT molecular complexity index is 533. The molecule has 1 aromatic heterocycles. The molecule has 1 atom stereocenters. The highest BCUT2D eigenvalue weighted by Crippen LogP contribution is 2.34. The van der Waals surface area contributed by atoms with E-state index >= 15 is 0 Å². The molecule has 0 aliphatic carbocycles. The molecule has 0 bridgehead atoms. The van der Waals surface area contributed by atoms with Crippen molar-refractivity contribution in [3.8, 4) is 0 Å². The molecule has 1 N–H and O–H groups in total. The fraction of sp³-hybridized carbons (Fsp3) is 0.333. The Morgan fingerprint density at radius 1 is 1.28 bits per heavy atom. The summed E-state index contributed by atoms with van der Waals surface area (Å²) in [4.78, 5) is 1.20. The number of aryl methyl sites for hydroxylation is 2. The molecule has 3 heteroatoms.